The molecule has 0 bridgehead atoms. The molecule has 3 aromatic rings. The van der Waals surface area contributed by atoms with E-state index in [1.165, 1.54) is 0 Å². The Hall–Kier alpha value is -2.81. The molecule has 0 fully saturated rings. The van der Waals surface area contributed by atoms with E-state index in [1.54, 1.807) is 12.3 Å². The molecule has 4 nitrogen and oxygen atoms in total. The number of hydrogen-bond acceptors (Lipinski definition) is 3. The molecule has 0 aliphatic rings. The first-order valence-corrected chi connectivity index (χ1v) is 8.77. The highest BCUT2D eigenvalue weighted by Crippen LogP contribution is 2.31. The second-order valence-electron chi connectivity index (χ2n) is 5.60. The Morgan fingerprint density at radius 2 is 1.96 bits per heavy atom. The summed E-state index contributed by atoms with van der Waals surface area (Å²) in [5.41, 5.74) is 2.43. The van der Waals surface area contributed by atoms with Crippen LogP contribution in [0.2, 0.25) is 5.02 Å². The van der Waals surface area contributed by atoms with E-state index in [4.69, 9.17) is 28.2 Å². The van der Waals surface area contributed by atoms with Crippen molar-refractivity contribution in [1.29, 1.82) is 5.26 Å². The average Bonchev–Trinajstić information content (AvgIpc) is 3.17. The van der Waals surface area contributed by atoms with Crippen LogP contribution in [0.1, 0.15) is 22.8 Å². The zero-order valence-electron chi connectivity index (χ0n) is 13.8. The second-order valence-corrected chi connectivity index (χ2v) is 6.41. The van der Waals surface area contributed by atoms with E-state index in [0.29, 0.717) is 16.7 Å². The molecule has 0 unspecified atom stereocenters. The van der Waals surface area contributed by atoms with E-state index >= 15 is 0 Å². The van der Waals surface area contributed by atoms with E-state index in [1.807, 2.05) is 54.6 Å². The first kappa shape index (κ1) is 18.0. The lowest BCUT2D eigenvalue weighted by molar-refractivity contribution is 0.503. The Bertz CT molecular complexity index is 920. The molecule has 0 amide bonds. The van der Waals surface area contributed by atoms with Crippen LogP contribution in [0.3, 0.4) is 0 Å². The molecule has 0 radical (unpaired) electrons. The zero-order valence-corrected chi connectivity index (χ0v) is 15.3. The van der Waals surface area contributed by atoms with Gasteiger partial charge in [-0.25, -0.2) is 0 Å². The smallest absolute Gasteiger partial charge is 0.171 e. The molecule has 26 heavy (non-hydrogen) atoms. The van der Waals surface area contributed by atoms with Gasteiger partial charge in [0.05, 0.1) is 24.8 Å². The number of halogens is 1. The van der Waals surface area contributed by atoms with Crippen LogP contribution < -0.4 is 10.6 Å². The predicted octanol–water partition coefficient (Wildman–Crippen LogP) is 5.08. The summed E-state index contributed by atoms with van der Waals surface area (Å²) in [5, 5.41) is 16.7. The SMILES string of the molecule is N#C[C@@H](c1ccccc1)c1ccc(NC(=S)NCc2ccco2)cc1Cl. The third-order valence-corrected chi connectivity index (χ3v) is 4.41. The molecule has 130 valence electrons. The number of nitrogens with zero attached hydrogens (tertiary/aromatic N) is 1. The molecule has 0 aliphatic carbocycles. The molecule has 6 heteroatoms. The fourth-order valence-electron chi connectivity index (χ4n) is 2.56. The topological polar surface area (TPSA) is 61.0 Å². The maximum Gasteiger partial charge on any atom is 0.171 e. The summed E-state index contributed by atoms with van der Waals surface area (Å²) < 4.78 is 5.25. The van der Waals surface area contributed by atoms with Crippen LogP contribution in [-0.2, 0) is 6.54 Å². The van der Waals surface area contributed by atoms with Gasteiger partial charge < -0.3 is 15.1 Å². The molecule has 3 rings (SSSR count). The molecule has 2 aromatic carbocycles. The molecule has 0 saturated carbocycles. The van der Waals surface area contributed by atoms with Crippen molar-refractivity contribution in [2.45, 2.75) is 12.5 Å². The van der Waals surface area contributed by atoms with Crippen molar-refractivity contribution in [1.82, 2.24) is 5.32 Å². The van der Waals surface area contributed by atoms with Gasteiger partial charge in [-0.1, -0.05) is 48.0 Å². The Kier molecular flexibility index (Phi) is 5.90. The lowest BCUT2D eigenvalue weighted by Gasteiger charge is -2.14. The van der Waals surface area contributed by atoms with Crippen molar-refractivity contribution in [2.24, 2.45) is 0 Å². The standard InChI is InChI=1S/C20H16ClN3OS/c21-19-11-15(24-20(26)23-13-16-7-4-10-25-16)8-9-17(19)18(12-22)14-5-2-1-3-6-14/h1-11,18H,13H2,(H2,23,24,26)/t18-/m0/s1. The number of nitrogens with one attached hydrogen (secondary N) is 2. The van der Waals surface area contributed by atoms with Gasteiger partial charge in [0.15, 0.2) is 5.11 Å². The van der Waals surface area contributed by atoms with Crippen molar-refractivity contribution in [3.8, 4) is 6.07 Å². The highest BCUT2D eigenvalue weighted by molar-refractivity contribution is 7.80. The fraction of sp³-hybridized carbons (Fsp3) is 0.100. The third-order valence-electron chi connectivity index (χ3n) is 3.83. The van der Waals surface area contributed by atoms with Crippen LogP contribution in [0.5, 0.6) is 0 Å². The van der Waals surface area contributed by atoms with Crippen molar-refractivity contribution in [3.05, 3.63) is 88.8 Å². The largest absolute Gasteiger partial charge is 0.467 e. The Balaban J connectivity index is 1.69. The molecule has 1 aromatic heterocycles. The van der Waals surface area contributed by atoms with E-state index in [9.17, 15) is 5.26 Å². The van der Waals surface area contributed by atoms with Crippen LogP contribution in [0, 0.1) is 11.3 Å². The summed E-state index contributed by atoms with van der Waals surface area (Å²) in [6.45, 7) is 0.495. The molecular formula is C20H16ClN3OS. The van der Waals surface area contributed by atoms with Gasteiger partial charge in [0.1, 0.15) is 5.76 Å². The van der Waals surface area contributed by atoms with Crippen molar-refractivity contribution >= 4 is 34.6 Å². The van der Waals surface area contributed by atoms with E-state index < -0.39 is 5.92 Å². The van der Waals surface area contributed by atoms with Gasteiger partial charge in [-0.2, -0.15) is 5.26 Å². The number of hydrogen-bond donors (Lipinski definition) is 2. The summed E-state index contributed by atoms with van der Waals surface area (Å²) in [4.78, 5) is 0. The summed E-state index contributed by atoms with van der Waals surface area (Å²) in [5.74, 6) is 0.379. The number of anilines is 1. The van der Waals surface area contributed by atoms with E-state index in [2.05, 4.69) is 16.7 Å². The van der Waals surface area contributed by atoms with Gasteiger partial charge in [0.2, 0.25) is 0 Å². The minimum atomic E-state index is -0.415. The fourth-order valence-corrected chi connectivity index (χ4v) is 3.04. The van der Waals surface area contributed by atoms with E-state index in [-0.39, 0.29) is 0 Å². The Morgan fingerprint density at radius 1 is 1.15 bits per heavy atom. The average molecular weight is 382 g/mol. The van der Waals surface area contributed by atoms with Gasteiger partial charge in [-0.05, 0) is 47.6 Å². The monoisotopic (exact) mass is 381 g/mol. The second kappa shape index (κ2) is 8.52. The maximum absolute atomic E-state index is 9.57. The molecule has 2 N–H and O–H groups in total. The number of nitriles is 1. The number of benzene rings is 2. The summed E-state index contributed by atoms with van der Waals surface area (Å²) >= 11 is 11.7. The van der Waals surface area contributed by atoms with Crippen molar-refractivity contribution in [3.63, 3.8) is 0 Å². The van der Waals surface area contributed by atoms with Crippen molar-refractivity contribution in [2.75, 3.05) is 5.32 Å². The van der Waals surface area contributed by atoms with Crippen LogP contribution >= 0.6 is 23.8 Å². The molecule has 0 aliphatic heterocycles. The predicted molar refractivity (Wildman–Crippen MR) is 107 cm³/mol. The summed E-state index contributed by atoms with van der Waals surface area (Å²) in [6, 6.07) is 21.1. The quantitative estimate of drug-likeness (QED) is 0.604. The highest BCUT2D eigenvalue weighted by Gasteiger charge is 2.16. The normalized spacial score (nSPS) is 11.4. The molecule has 0 spiro atoms. The Labute approximate surface area is 162 Å². The number of rotatable bonds is 5. The summed E-state index contributed by atoms with van der Waals surface area (Å²) in [7, 11) is 0. The third kappa shape index (κ3) is 4.42. The first-order chi connectivity index (χ1) is 12.7. The van der Waals surface area contributed by atoms with E-state index in [0.717, 1.165) is 22.6 Å². The highest BCUT2D eigenvalue weighted by atomic mass is 35.5. The summed E-state index contributed by atoms with van der Waals surface area (Å²) in [6.07, 6.45) is 1.62. The zero-order chi connectivity index (χ0) is 18.4. The van der Waals surface area contributed by atoms with Crippen LogP contribution in [0.25, 0.3) is 0 Å². The molecule has 0 saturated heterocycles. The van der Waals surface area contributed by atoms with Gasteiger partial charge in [0.25, 0.3) is 0 Å². The molecular weight excluding hydrogens is 366 g/mol. The molecule has 1 heterocycles. The van der Waals surface area contributed by atoms with Gasteiger partial charge >= 0.3 is 0 Å². The lowest BCUT2D eigenvalue weighted by Crippen LogP contribution is -2.27. The van der Waals surface area contributed by atoms with Crippen LogP contribution in [0.4, 0.5) is 5.69 Å². The lowest BCUT2D eigenvalue weighted by atomic mass is 9.92. The van der Waals surface area contributed by atoms with Gasteiger partial charge in [-0.3, -0.25) is 0 Å². The number of furan rings is 1. The molecule has 1 atom stereocenters. The van der Waals surface area contributed by atoms with Gasteiger partial charge in [-0.15, -0.1) is 0 Å². The van der Waals surface area contributed by atoms with Crippen LogP contribution in [0.15, 0.2) is 71.3 Å². The minimum absolute atomic E-state index is 0.415. The number of thiocarbonyl (C=S) groups is 1. The van der Waals surface area contributed by atoms with Crippen LogP contribution in [-0.4, -0.2) is 5.11 Å². The maximum atomic E-state index is 9.57. The first-order valence-electron chi connectivity index (χ1n) is 7.98. The minimum Gasteiger partial charge on any atom is -0.467 e. The van der Waals surface area contributed by atoms with Gasteiger partial charge in [0, 0.05) is 10.7 Å². The van der Waals surface area contributed by atoms with Crippen molar-refractivity contribution < 1.29 is 4.42 Å². The Morgan fingerprint density at radius 3 is 2.62 bits per heavy atom.